The number of halogens is 1. The van der Waals surface area contributed by atoms with Gasteiger partial charge in [0.15, 0.2) is 0 Å². The highest BCUT2D eigenvalue weighted by atomic mass is 35.5. The normalized spacial score (nSPS) is 17.6. The summed E-state index contributed by atoms with van der Waals surface area (Å²) < 4.78 is 0. The van der Waals surface area contributed by atoms with E-state index in [4.69, 9.17) is 11.6 Å². The Morgan fingerprint density at radius 1 is 1.39 bits per heavy atom. The number of rotatable bonds is 4. The fourth-order valence-electron chi connectivity index (χ4n) is 2.41. The average molecular weight is 351 g/mol. The van der Waals surface area contributed by atoms with Crippen LogP contribution in [0.25, 0.3) is 0 Å². The van der Waals surface area contributed by atoms with E-state index < -0.39 is 5.92 Å². The maximum atomic E-state index is 12.3. The summed E-state index contributed by atoms with van der Waals surface area (Å²) in [5.41, 5.74) is 0.749. The van der Waals surface area contributed by atoms with Gasteiger partial charge in [0.2, 0.25) is 16.9 Å². The highest BCUT2D eigenvalue weighted by Gasteiger charge is 2.35. The Kier molecular flexibility index (Phi) is 4.58. The molecule has 23 heavy (non-hydrogen) atoms. The van der Waals surface area contributed by atoms with Gasteiger partial charge in [-0.3, -0.25) is 9.59 Å². The minimum absolute atomic E-state index is 0.0704. The number of hydrogen-bond donors (Lipinski definition) is 1. The van der Waals surface area contributed by atoms with Crippen molar-refractivity contribution in [2.24, 2.45) is 5.92 Å². The molecule has 1 aliphatic heterocycles. The van der Waals surface area contributed by atoms with Crippen LogP contribution in [-0.2, 0) is 16.0 Å². The van der Waals surface area contributed by atoms with Gasteiger partial charge in [0.1, 0.15) is 5.01 Å². The highest BCUT2D eigenvalue weighted by Crippen LogP contribution is 2.27. The Balaban J connectivity index is 1.66. The van der Waals surface area contributed by atoms with E-state index in [1.165, 1.54) is 11.3 Å². The molecule has 0 bridgehead atoms. The molecule has 2 aromatic rings. The SMILES string of the molecule is CCc1nnc(NC(=O)C2CC(=O)N(c3ccc(Cl)cc3)C2)s1. The molecule has 3 rings (SSSR count). The summed E-state index contributed by atoms with van der Waals surface area (Å²) in [6.07, 6.45) is 0.966. The van der Waals surface area contributed by atoms with Crippen LogP contribution in [0, 0.1) is 5.92 Å². The molecule has 1 fully saturated rings. The van der Waals surface area contributed by atoms with Crippen LogP contribution in [0.4, 0.5) is 10.8 Å². The van der Waals surface area contributed by atoms with E-state index in [1.54, 1.807) is 29.2 Å². The number of nitrogens with one attached hydrogen (secondary N) is 1. The number of nitrogens with zero attached hydrogens (tertiary/aromatic N) is 3. The van der Waals surface area contributed by atoms with E-state index in [1.807, 2.05) is 6.92 Å². The molecule has 1 aromatic heterocycles. The molecular weight excluding hydrogens is 336 g/mol. The Labute approximate surface area is 142 Å². The van der Waals surface area contributed by atoms with Gasteiger partial charge in [-0.15, -0.1) is 10.2 Å². The van der Waals surface area contributed by atoms with E-state index >= 15 is 0 Å². The van der Waals surface area contributed by atoms with Crippen LogP contribution in [0.1, 0.15) is 18.4 Å². The second kappa shape index (κ2) is 6.64. The number of carbonyl (C=O) groups excluding carboxylic acids is 2. The average Bonchev–Trinajstić information content (AvgIpc) is 3.15. The minimum Gasteiger partial charge on any atom is -0.312 e. The quantitative estimate of drug-likeness (QED) is 0.920. The van der Waals surface area contributed by atoms with Crippen molar-refractivity contribution >= 4 is 45.6 Å². The summed E-state index contributed by atoms with van der Waals surface area (Å²) in [6.45, 7) is 2.33. The van der Waals surface area contributed by atoms with Gasteiger partial charge in [0.05, 0.1) is 5.92 Å². The molecule has 1 aromatic carbocycles. The summed E-state index contributed by atoms with van der Waals surface area (Å²) in [4.78, 5) is 26.1. The van der Waals surface area contributed by atoms with Crippen LogP contribution in [0.3, 0.4) is 0 Å². The van der Waals surface area contributed by atoms with Crippen LogP contribution in [0.5, 0.6) is 0 Å². The first-order valence-electron chi connectivity index (χ1n) is 7.26. The lowest BCUT2D eigenvalue weighted by atomic mass is 10.1. The monoisotopic (exact) mass is 350 g/mol. The molecule has 0 spiro atoms. The van der Waals surface area contributed by atoms with Crippen LogP contribution in [0.15, 0.2) is 24.3 Å². The maximum Gasteiger partial charge on any atom is 0.231 e. The third-order valence-electron chi connectivity index (χ3n) is 3.63. The van der Waals surface area contributed by atoms with E-state index in [-0.39, 0.29) is 18.2 Å². The molecule has 2 heterocycles. The number of hydrogen-bond acceptors (Lipinski definition) is 5. The number of aromatic nitrogens is 2. The smallest absolute Gasteiger partial charge is 0.231 e. The molecular formula is C15H15ClN4O2S. The van der Waals surface area contributed by atoms with Crippen molar-refractivity contribution in [2.45, 2.75) is 19.8 Å². The van der Waals surface area contributed by atoms with Crippen LogP contribution in [-0.4, -0.2) is 28.6 Å². The molecule has 6 nitrogen and oxygen atoms in total. The zero-order valence-corrected chi connectivity index (χ0v) is 14.0. The van der Waals surface area contributed by atoms with Gasteiger partial charge in [0, 0.05) is 23.7 Å². The molecule has 120 valence electrons. The zero-order valence-electron chi connectivity index (χ0n) is 12.5. The number of carbonyl (C=O) groups is 2. The third-order valence-corrected chi connectivity index (χ3v) is 4.87. The van der Waals surface area contributed by atoms with Crippen LogP contribution >= 0.6 is 22.9 Å². The van der Waals surface area contributed by atoms with Gasteiger partial charge in [-0.05, 0) is 30.7 Å². The molecule has 0 aliphatic carbocycles. The molecule has 0 radical (unpaired) electrons. The van der Waals surface area contributed by atoms with E-state index in [2.05, 4.69) is 15.5 Å². The van der Waals surface area contributed by atoms with E-state index in [0.29, 0.717) is 16.7 Å². The molecule has 1 atom stereocenters. The van der Waals surface area contributed by atoms with Gasteiger partial charge in [-0.2, -0.15) is 0 Å². The first-order valence-corrected chi connectivity index (χ1v) is 8.45. The summed E-state index contributed by atoms with van der Waals surface area (Å²) in [5.74, 6) is -0.667. The third kappa shape index (κ3) is 3.51. The zero-order chi connectivity index (χ0) is 16.4. The van der Waals surface area contributed by atoms with Crippen molar-refractivity contribution in [1.29, 1.82) is 0 Å². The Bertz CT molecular complexity index is 731. The summed E-state index contributed by atoms with van der Waals surface area (Å²) in [7, 11) is 0. The summed E-state index contributed by atoms with van der Waals surface area (Å²) in [6, 6.07) is 7.01. The minimum atomic E-state index is -0.396. The molecule has 1 N–H and O–H groups in total. The second-order valence-electron chi connectivity index (χ2n) is 5.23. The molecule has 8 heteroatoms. The van der Waals surface area contributed by atoms with Gasteiger partial charge in [0.25, 0.3) is 0 Å². The predicted octanol–water partition coefficient (Wildman–Crippen LogP) is 2.75. The van der Waals surface area contributed by atoms with Crippen molar-refractivity contribution in [3.05, 3.63) is 34.3 Å². The number of amides is 2. The molecule has 2 amide bonds. The predicted molar refractivity (Wildman–Crippen MR) is 89.8 cm³/mol. The molecule has 1 saturated heterocycles. The first kappa shape index (κ1) is 15.9. The lowest BCUT2D eigenvalue weighted by molar-refractivity contribution is -0.122. The Morgan fingerprint density at radius 3 is 2.78 bits per heavy atom. The van der Waals surface area contributed by atoms with Crippen LogP contribution < -0.4 is 10.2 Å². The first-order chi connectivity index (χ1) is 11.1. The largest absolute Gasteiger partial charge is 0.312 e. The lowest BCUT2D eigenvalue weighted by Gasteiger charge is -2.16. The molecule has 0 saturated carbocycles. The fraction of sp³-hybridized carbons (Fsp3) is 0.333. The van der Waals surface area contributed by atoms with Crippen molar-refractivity contribution in [3.8, 4) is 0 Å². The van der Waals surface area contributed by atoms with E-state index in [0.717, 1.165) is 17.1 Å². The number of benzene rings is 1. The molecule has 1 aliphatic rings. The maximum absolute atomic E-state index is 12.3. The van der Waals surface area contributed by atoms with Gasteiger partial charge < -0.3 is 10.2 Å². The number of anilines is 2. The van der Waals surface area contributed by atoms with Crippen molar-refractivity contribution < 1.29 is 9.59 Å². The van der Waals surface area contributed by atoms with Crippen LogP contribution in [0.2, 0.25) is 5.02 Å². The summed E-state index contributed by atoms with van der Waals surface area (Å²) >= 11 is 7.21. The van der Waals surface area contributed by atoms with Crippen molar-refractivity contribution in [3.63, 3.8) is 0 Å². The summed E-state index contributed by atoms with van der Waals surface area (Å²) in [5, 5.41) is 12.6. The Hall–Kier alpha value is -1.99. The van der Waals surface area contributed by atoms with Gasteiger partial charge in [-0.25, -0.2) is 0 Å². The van der Waals surface area contributed by atoms with Crippen molar-refractivity contribution in [2.75, 3.05) is 16.8 Å². The lowest BCUT2D eigenvalue weighted by Crippen LogP contribution is -2.28. The standard InChI is InChI=1S/C15H15ClN4O2S/c1-2-12-18-19-15(23-12)17-14(22)9-7-13(21)20(8-9)11-5-3-10(16)4-6-11/h3-6,9H,2,7-8H2,1H3,(H,17,19,22). The second-order valence-corrected chi connectivity index (χ2v) is 6.72. The molecule has 1 unspecified atom stereocenters. The Morgan fingerprint density at radius 2 is 2.13 bits per heavy atom. The highest BCUT2D eigenvalue weighted by molar-refractivity contribution is 7.15. The number of aryl methyl sites for hydroxylation is 1. The van der Waals surface area contributed by atoms with E-state index in [9.17, 15) is 9.59 Å². The van der Waals surface area contributed by atoms with Gasteiger partial charge >= 0.3 is 0 Å². The fourth-order valence-corrected chi connectivity index (χ4v) is 3.22. The topological polar surface area (TPSA) is 75.2 Å². The van der Waals surface area contributed by atoms with Crippen molar-refractivity contribution in [1.82, 2.24) is 10.2 Å². The van der Waals surface area contributed by atoms with Gasteiger partial charge in [-0.1, -0.05) is 29.9 Å².